The Bertz CT molecular complexity index is 529. The number of carbonyl (C=O) groups excluding carboxylic acids is 1. The third-order valence-electron chi connectivity index (χ3n) is 3.01. The van der Waals surface area contributed by atoms with Gasteiger partial charge in [-0.15, -0.1) is 0 Å². The lowest BCUT2D eigenvalue weighted by atomic mass is 9.98. The van der Waals surface area contributed by atoms with E-state index in [0.717, 1.165) is 19.0 Å². The van der Waals surface area contributed by atoms with E-state index in [1.54, 1.807) is 0 Å². The van der Waals surface area contributed by atoms with Crippen molar-refractivity contribution in [3.63, 3.8) is 0 Å². The van der Waals surface area contributed by atoms with Crippen molar-refractivity contribution in [2.24, 2.45) is 0 Å². The predicted molar refractivity (Wildman–Crippen MR) is 81.5 cm³/mol. The molecule has 0 fully saturated rings. The second-order valence-corrected chi connectivity index (χ2v) is 5.46. The minimum absolute atomic E-state index is 0.0233. The van der Waals surface area contributed by atoms with Crippen molar-refractivity contribution in [1.29, 1.82) is 0 Å². The summed E-state index contributed by atoms with van der Waals surface area (Å²) in [4.78, 5) is 26.7. The Labute approximate surface area is 124 Å². The summed E-state index contributed by atoms with van der Waals surface area (Å²) in [6, 6.07) is 1.42. The van der Waals surface area contributed by atoms with E-state index in [0.29, 0.717) is 12.4 Å². The van der Waals surface area contributed by atoms with E-state index in [-0.39, 0.29) is 11.3 Å². The van der Waals surface area contributed by atoms with Gasteiger partial charge < -0.3 is 10.6 Å². The quantitative estimate of drug-likeness (QED) is 0.595. The van der Waals surface area contributed by atoms with E-state index in [1.165, 1.54) is 6.07 Å². The lowest BCUT2D eigenvalue weighted by Crippen LogP contribution is -2.43. The number of aromatic nitrogens is 1. The summed E-state index contributed by atoms with van der Waals surface area (Å²) in [5, 5.41) is 16.8. The van der Waals surface area contributed by atoms with Crippen molar-refractivity contribution in [3.8, 4) is 0 Å². The summed E-state index contributed by atoms with van der Waals surface area (Å²) in [6.45, 7) is 8.31. The number of carbonyl (C=O) groups is 1. The van der Waals surface area contributed by atoms with Gasteiger partial charge in [0.15, 0.2) is 0 Å². The number of pyridine rings is 1. The fraction of sp³-hybridized carbons (Fsp3) is 0.571. The molecule has 0 aliphatic carbocycles. The van der Waals surface area contributed by atoms with Crippen LogP contribution in [0.2, 0.25) is 0 Å². The van der Waals surface area contributed by atoms with Crippen LogP contribution in [-0.2, 0) is 0 Å². The molecule has 7 nitrogen and oxygen atoms in total. The number of hydrogen-bond acceptors (Lipinski definition) is 5. The Balaban J connectivity index is 3.10. The van der Waals surface area contributed by atoms with Gasteiger partial charge in [0.2, 0.25) is 0 Å². The van der Waals surface area contributed by atoms with Gasteiger partial charge in [-0.2, -0.15) is 0 Å². The minimum atomic E-state index is -0.593. The molecule has 0 spiro atoms. The smallest absolute Gasteiger partial charge is 0.300 e. The van der Waals surface area contributed by atoms with Crippen LogP contribution in [0.5, 0.6) is 0 Å². The molecule has 116 valence electrons. The van der Waals surface area contributed by atoms with Gasteiger partial charge in [0.1, 0.15) is 17.6 Å². The molecular formula is C14H22N4O3. The van der Waals surface area contributed by atoms with E-state index < -0.39 is 16.4 Å². The van der Waals surface area contributed by atoms with Crippen LogP contribution in [0.15, 0.2) is 12.3 Å². The average molecular weight is 294 g/mol. The molecule has 0 aliphatic heterocycles. The van der Waals surface area contributed by atoms with Crippen LogP contribution in [0.3, 0.4) is 0 Å². The standard InChI is InChI=1S/C14H22N4O3/c1-5-7-14(3,4)17-13(19)10-8-12(15-6-2)16-9-11(10)18(20)21/h8-9H,5-7H2,1-4H3,(H,15,16)(H,17,19). The van der Waals surface area contributed by atoms with Crippen molar-refractivity contribution in [2.45, 2.75) is 46.1 Å². The van der Waals surface area contributed by atoms with Crippen molar-refractivity contribution < 1.29 is 9.72 Å². The molecule has 2 N–H and O–H groups in total. The maximum Gasteiger partial charge on any atom is 0.300 e. The maximum atomic E-state index is 12.3. The lowest BCUT2D eigenvalue weighted by molar-refractivity contribution is -0.385. The first kappa shape index (κ1) is 16.9. The van der Waals surface area contributed by atoms with Gasteiger partial charge in [0.25, 0.3) is 11.6 Å². The second kappa shape index (κ2) is 7.01. The monoisotopic (exact) mass is 294 g/mol. The minimum Gasteiger partial charge on any atom is -0.370 e. The highest BCUT2D eigenvalue weighted by Gasteiger charge is 2.26. The average Bonchev–Trinajstić information content (AvgIpc) is 2.38. The topological polar surface area (TPSA) is 97.2 Å². The first-order valence-electron chi connectivity index (χ1n) is 7.01. The Morgan fingerprint density at radius 1 is 1.43 bits per heavy atom. The Morgan fingerprint density at radius 3 is 2.62 bits per heavy atom. The molecule has 0 radical (unpaired) electrons. The SMILES string of the molecule is CCCC(C)(C)NC(=O)c1cc(NCC)ncc1[N+](=O)[O-]. The van der Waals surface area contributed by atoms with Crippen molar-refractivity contribution in [1.82, 2.24) is 10.3 Å². The highest BCUT2D eigenvalue weighted by molar-refractivity contribution is 5.99. The number of nitro groups is 1. The third kappa shape index (κ3) is 4.70. The number of nitrogens with zero attached hydrogens (tertiary/aromatic N) is 2. The second-order valence-electron chi connectivity index (χ2n) is 5.46. The Morgan fingerprint density at radius 2 is 2.10 bits per heavy atom. The van der Waals surface area contributed by atoms with Crippen LogP contribution >= 0.6 is 0 Å². The molecule has 1 amide bonds. The van der Waals surface area contributed by atoms with Crippen LogP contribution in [0.1, 0.15) is 50.9 Å². The number of amides is 1. The number of hydrogen-bond donors (Lipinski definition) is 2. The van der Waals surface area contributed by atoms with Gasteiger partial charge in [0, 0.05) is 18.2 Å². The number of anilines is 1. The van der Waals surface area contributed by atoms with E-state index in [2.05, 4.69) is 15.6 Å². The van der Waals surface area contributed by atoms with Crippen LogP contribution in [0, 0.1) is 10.1 Å². The van der Waals surface area contributed by atoms with Crippen LogP contribution in [-0.4, -0.2) is 27.9 Å². The molecule has 1 rings (SSSR count). The molecule has 0 saturated carbocycles. The summed E-state index contributed by atoms with van der Waals surface area (Å²) in [5.74, 6) is -0.0109. The molecular weight excluding hydrogens is 272 g/mol. The lowest BCUT2D eigenvalue weighted by Gasteiger charge is -2.25. The first-order chi connectivity index (χ1) is 9.80. The highest BCUT2D eigenvalue weighted by Crippen LogP contribution is 2.22. The van der Waals surface area contributed by atoms with Gasteiger partial charge in [-0.25, -0.2) is 4.98 Å². The van der Waals surface area contributed by atoms with Crippen molar-refractivity contribution in [2.75, 3.05) is 11.9 Å². The van der Waals surface area contributed by atoms with Gasteiger partial charge in [-0.05, 0) is 27.2 Å². The molecule has 0 saturated heterocycles. The van der Waals surface area contributed by atoms with Gasteiger partial charge in [0.05, 0.1) is 4.92 Å². The largest absolute Gasteiger partial charge is 0.370 e. The molecule has 0 atom stereocenters. The fourth-order valence-corrected chi connectivity index (χ4v) is 2.12. The zero-order valence-corrected chi connectivity index (χ0v) is 12.9. The molecule has 0 aromatic carbocycles. The Kier molecular flexibility index (Phi) is 5.63. The molecule has 1 aromatic rings. The van der Waals surface area contributed by atoms with Crippen molar-refractivity contribution >= 4 is 17.4 Å². The molecule has 7 heteroatoms. The third-order valence-corrected chi connectivity index (χ3v) is 3.01. The van der Waals surface area contributed by atoms with E-state index in [9.17, 15) is 14.9 Å². The van der Waals surface area contributed by atoms with Gasteiger partial charge in [-0.1, -0.05) is 13.3 Å². The number of rotatable bonds is 7. The summed E-state index contributed by atoms with van der Waals surface area (Å²) < 4.78 is 0. The summed E-state index contributed by atoms with van der Waals surface area (Å²) >= 11 is 0. The highest BCUT2D eigenvalue weighted by atomic mass is 16.6. The molecule has 0 bridgehead atoms. The molecule has 0 unspecified atom stereocenters. The normalized spacial score (nSPS) is 11.0. The molecule has 0 aliphatic rings. The van der Waals surface area contributed by atoms with E-state index in [1.807, 2.05) is 27.7 Å². The maximum absolute atomic E-state index is 12.3. The van der Waals surface area contributed by atoms with Crippen LogP contribution in [0.4, 0.5) is 11.5 Å². The zero-order valence-electron chi connectivity index (χ0n) is 12.9. The first-order valence-corrected chi connectivity index (χ1v) is 7.01. The summed E-state index contributed by atoms with van der Waals surface area (Å²) in [7, 11) is 0. The Hall–Kier alpha value is -2.18. The van der Waals surface area contributed by atoms with E-state index in [4.69, 9.17) is 0 Å². The molecule has 21 heavy (non-hydrogen) atoms. The molecule has 1 heterocycles. The van der Waals surface area contributed by atoms with Crippen molar-refractivity contribution in [3.05, 3.63) is 27.9 Å². The van der Waals surface area contributed by atoms with Crippen LogP contribution in [0.25, 0.3) is 0 Å². The number of nitrogens with one attached hydrogen (secondary N) is 2. The summed E-state index contributed by atoms with van der Waals surface area (Å²) in [5.41, 5.74) is -0.682. The molecule has 1 aromatic heterocycles. The van der Waals surface area contributed by atoms with Crippen LogP contribution < -0.4 is 10.6 Å². The van der Waals surface area contributed by atoms with Gasteiger partial charge >= 0.3 is 0 Å². The van der Waals surface area contributed by atoms with E-state index >= 15 is 0 Å². The predicted octanol–water partition coefficient (Wildman–Crippen LogP) is 2.73. The fourth-order valence-electron chi connectivity index (χ4n) is 2.12. The summed E-state index contributed by atoms with van der Waals surface area (Å²) in [6.07, 6.45) is 2.81. The van der Waals surface area contributed by atoms with Gasteiger partial charge in [-0.3, -0.25) is 14.9 Å². The zero-order chi connectivity index (χ0) is 16.0.